The normalized spacial score (nSPS) is 20.9. The van der Waals surface area contributed by atoms with Crippen LogP contribution in [0.15, 0.2) is 47.6 Å². The summed E-state index contributed by atoms with van der Waals surface area (Å²) in [5.41, 5.74) is 11.9. The molecule has 180 valence electrons. The molecule has 2 saturated carbocycles. The van der Waals surface area contributed by atoms with Gasteiger partial charge >= 0.3 is 6.03 Å². The molecule has 0 saturated heterocycles. The highest BCUT2D eigenvalue weighted by Crippen LogP contribution is 2.39. The number of hydrogen-bond donors (Lipinski definition) is 1. The molecule has 0 atom stereocenters. The van der Waals surface area contributed by atoms with Gasteiger partial charge in [-0.1, -0.05) is 63.5 Å². The van der Waals surface area contributed by atoms with Gasteiger partial charge in [0.05, 0.1) is 23.1 Å². The summed E-state index contributed by atoms with van der Waals surface area (Å²) in [6, 6.07) is 14.3. The lowest BCUT2D eigenvalue weighted by molar-refractivity contribution is 0.172. The van der Waals surface area contributed by atoms with Crippen LogP contribution in [0.25, 0.3) is 0 Å². The molecule has 3 aliphatic rings. The number of hydrazone groups is 1. The van der Waals surface area contributed by atoms with Gasteiger partial charge in [0.25, 0.3) is 0 Å². The highest BCUT2D eigenvalue weighted by Gasteiger charge is 2.37. The topological polar surface area (TPSA) is 61.9 Å². The number of benzene rings is 2. The van der Waals surface area contributed by atoms with E-state index < -0.39 is 0 Å². The fourth-order valence-corrected chi connectivity index (χ4v) is 5.93. The Morgan fingerprint density at radius 2 is 1.44 bits per heavy atom. The molecule has 2 aromatic rings. The summed E-state index contributed by atoms with van der Waals surface area (Å²) < 4.78 is 0. The number of nitrogen functional groups attached to an aromatic ring is 1. The lowest BCUT2D eigenvalue weighted by atomic mass is 9.82. The SMILES string of the molecule is Cc1ccc2c(c1)N(c1ccc(N)cc1)C(=O)N(C1CCCCCCC1)N=C2C1CCCCC1. The molecule has 34 heavy (non-hydrogen) atoms. The van der Waals surface area contributed by atoms with Crippen molar-refractivity contribution in [3.8, 4) is 0 Å². The van der Waals surface area contributed by atoms with Crippen LogP contribution in [-0.4, -0.2) is 22.8 Å². The second-order valence-electron chi connectivity index (χ2n) is 10.4. The van der Waals surface area contributed by atoms with E-state index in [1.807, 2.05) is 34.2 Å². The van der Waals surface area contributed by atoms with Crippen LogP contribution in [-0.2, 0) is 0 Å². The number of urea groups is 1. The molecule has 0 unspecified atom stereocenters. The molecule has 5 nitrogen and oxygen atoms in total. The lowest BCUT2D eigenvalue weighted by Gasteiger charge is -2.33. The van der Waals surface area contributed by atoms with E-state index in [4.69, 9.17) is 10.8 Å². The lowest BCUT2D eigenvalue weighted by Crippen LogP contribution is -2.43. The molecule has 0 spiro atoms. The van der Waals surface area contributed by atoms with Crippen molar-refractivity contribution < 1.29 is 4.79 Å². The fraction of sp³-hybridized carbons (Fsp3) is 0.517. The van der Waals surface area contributed by atoms with E-state index in [1.54, 1.807) is 0 Å². The quantitative estimate of drug-likeness (QED) is 0.483. The zero-order chi connectivity index (χ0) is 23.5. The number of amides is 2. The van der Waals surface area contributed by atoms with E-state index in [2.05, 4.69) is 25.1 Å². The van der Waals surface area contributed by atoms with E-state index in [0.717, 1.165) is 66.7 Å². The van der Waals surface area contributed by atoms with Gasteiger partial charge in [-0.3, -0.25) is 4.90 Å². The Bertz CT molecular complexity index is 1030. The summed E-state index contributed by atoms with van der Waals surface area (Å²) in [6.45, 7) is 2.10. The number of rotatable bonds is 3. The van der Waals surface area contributed by atoms with Crippen molar-refractivity contribution in [1.29, 1.82) is 0 Å². The third-order valence-corrected chi connectivity index (χ3v) is 7.84. The van der Waals surface area contributed by atoms with Crippen molar-refractivity contribution in [2.75, 3.05) is 10.6 Å². The summed E-state index contributed by atoms with van der Waals surface area (Å²) >= 11 is 0. The highest BCUT2D eigenvalue weighted by atomic mass is 16.2. The summed E-state index contributed by atoms with van der Waals surface area (Å²) in [5.74, 6) is 0.408. The molecule has 1 aliphatic heterocycles. The van der Waals surface area contributed by atoms with Gasteiger partial charge in [0.2, 0.25) is 0 Å². The average molecular weight is 459 g/mol. The van der Waals surface area contributed by atoms with Crippen LogP contribution in [0.4, 0.5) is 21.9 Å². The van der Waals surface area contributed by atoms with Crippen LogP contribution in [0, 0.1) is 12.8 Å². The molecule has 2 N–H and O–H groups in total. The smallest absolute Gasteiger partial charge is 0.349 e. The first-order chi connectivity index (χ1) is 16.6. The summed E-state index contributed by atoms with van der Waals surface area (Å²) in [6.07, 6.45) is 14.3. The minimum Gasteiger partial charge on any atom is -0.399 e. The summed E-state index contributed by atoms with van der Waals surface area (Å²) in [5, 5.41) is 7.15. The predicted octanol–water partition coefficient (Wildman–Crippen LogP) is 7.55. The van der Waals surface area contributed by atoms with E-state index in [1.165, 1.54) is 38.5 Å². The molecule has 1 heterocycles. The van der Waals surface area contributed by atoms with Crippen LogP contribution < -0.4 is 10.6 Å². The number of aryl methyl sites for hydroxylation is 1. The molecule has 2 aromatic carbocycles. The number of nitrogens with zero attached hydrogens (tertiary/aromatic N) is 3. The molecule has 2 aliphatic carbocycles. The van der Waals surface area contributed by atoms with E-state index in [0.29, 0.717) is 11.6 Å². The largest absolute Gasteiger partial charge is 0.399 e. The van der Waals surface area contributed by atoms with Crippen LogP contribution in [0.5, 0.6) is 0 Å². The maximum atomic E-state index is 14.3. The van der Waals surface area contributed by atoms with Gasteiger partial charge < -0.3 is 5.73 Å². The van der Waals surface area contributed by atoms with Gasteiger partial charge in [-0.15, -0.1) is 0 Å². The third-order valence-electron chi connectivity index (χ3n) is 7.84. The number of carbonyl (C=O) groups excluding carboxylic acids is 1. The molecule has 5 heteroatoms. The van der Waals surface area contributed by atoms with Crippen molar-refractivity contribution >= 4 is 28.8 Å². The third kappa shape index (κ3) is 4.70. The van der Waals surface area contributed by atoms with Crippen molar-refractivity contribution in [3.05, 3.63) is 53.6 Å². The van der Waals surface area contributed by atoms with Crippen molar-refractivity contribution in [3.63, 3.8) is 0 Å². The molecular weight excluding hydrogens is 420 g/mol. The summed E-state index contributed by atoms with van der Waals surface area (Å²) in [4.78, 5) is 16.2. The first-order valence-electron chi connectivity index (χ1n) is 13.3. The first kappa shape index (κ1) is 22.9. The zero-order valence-electron chi connectivity index (χ0n) is 20.5. The van der Waals surface area contributed by atoms with Crippen LogP contribution in [0.3, 0.4) is 0 Å². The molecule has 5 rings (SSSR count). The Kier molecular flexibility index (Phi) is 6.89. The molecule has 2 fully saturated rings. The van der Waals surface area contributed by atoms with Crippen molar-refractivity contribution in [1.82, 2.24) is 5.01 Å². The van der Waals surface area contributed by atoms with E-state index in [-0.39, 0.29) is 12.1 Å². The minimum atomic E-state index is -0.0343. The van der Waals surface area contributed by atoms with Gasteiger partial charge in [0.15, 0.2) is 0 Å². The average Bonchev–Trinajstić information content (AvgIpc) is 2.94. The Morgan fingerprint density at radius 1 is 0.824 bits per heavy atom. The molecular formula is C29H38N4O. The predicted molar refractivity (Wildman–Crippen MR) is 141 cm³/mol. The minimum absolute atomic E-state index is 0.0343. The monoisotopic (exact) mass is 458 g/mol. The zero-order valence-corrected chi connectivity index (χ0v) is 20.5. The summed E-state index contributed by atoms with van der Waals surface area (Å²) in [7, 11) is 0. The number of nitrogens with two attached hydrogens (primary N) is 1. The van der Waals surface area contributed by atoms with Gasteiger partial charge in [0, 0.05) is 17.2 Å². The van der Waals surface area contributed by atoms with Crippen molar-refractivity contribution in [2.45, 2.75) is 90.0 Å². The van der Waals surface area contributed by atoms with Crippen molar-refractivity contribution in [2.24, 2.45) is 11.0 Å². The maximum absolute atomic E-state index is 14.3. The van der Waals surface area contributed by atoms with Crippen LogP contribution in [0.1, 0.15) is 88.2 Å². The number of hydrogen-bond acceptors (Lipinski definition) is 3. The van der Waals surface area contributed by atoms with Gasteiger partial charge in [-0.25, -0.2) is 9.80 Å². The number of fused-ring (bicyclic) bond motifs is 1. The number of anilines is 3. The Morgan fingerprint density at radius 3 is 2.15 bits per heavy atom. The van der Waals surface area contributed by atoms with Gasteiger partial charge in [-0.2, -0.15) is 5.10 Å². The second kappa shape index (κ2) is 10.2. The Balaban J connectivity index is 1.65. The van der Waals surface area contributed by atoms with Gasteiger partial charge in [-0.05, 0) is 68.5 Å². The Hall–Kier alpha value is -2.82. The molecule has 0 radical (unpaired) electrons. The highest BCUT2D eigenvalue weighted by molar-refractivity contribution is 6.14. The number of carbonyl (C=O) groups is 1. The Labute approximate surface area is 204 Å². The van der Waals surface area contributed by atoms with Crippen LogP contribution in [0.2, 0.25) is 0 Å². The van der Waals surface area contributed by atoms with E-state index >= 15 is 0 Å². The maximum Gasteiger partial charge on any atom is 0.349 e. The first-order valence-corrected chi connectivity index (χ1v) is 13.3. The van der Waals surface area contributed by atoms with Gasteiger partial charge in [0.1, 0.15) is 0 Å². The molecule has 0 bridgehead atoms. The van der Waals surface area contributed by atoms with E-state index in [9.17, 15) is 4.79 Å². The fourth-order valence-electron chi connectivity index (χ4n) is 5.93. The molecule has 2 amide bonds. The molecule has 0 aromatic heterocycles. The standard InChI is InChI=1S/C29H38N4O/c1-21-14-19-26-27(20-21)32(24-17-15-23(30)16-18-24)29(34)33(25-12-8-3-2-4-9-13-25)31-28(26)22-10-6-5-7-11-22/h14-20,22,25H,2-13,30H2,1H3. The van der Waals surface area contributed by atoms with Crippen LogP contribution >= 0.6 is 0 Å². The second-order valence-corrected chi connectivity index (χ2v) is 10.4.